The monoisotopic (exact) mass is 78.0 g/mol. The molecule has 0 aromatic rings. The molecule has 0 heteroatoms. The first-order valence-corrected chi connectivity index (χ1v) is 2.05. The van der Waals surface area contributed by atoms with Crippen molar-refractivity contribution in [1.82, 2.24) is 0 Å². The Morgan fingerprint density at radius 2 is 2.33 bits per heavy atom. The Kier molecular flexibility index (Phi) is 0.686. The van der Waals surface area contributed by atoms with Crippen LogP contribution in [-0.2, 0) is 0 Å². The van der Waals surface area contributed by atoms with Gasteiger partial charge in [0.15, 0.2) is 0 Å². The normalized spacial score (nSPS) is 15.3. The summed E-state index contributed by atoms with van der Waals surface area (Å²) in [6.45, 7) is 3.56. The lowest BCUT2D eigenvalue weighted by atomic mass is 10.2. The summed E-state index contributed by atoms with van der Waals surface area (Å²) >= 11 is 0. The molecule has 6 heavy (non-hydrogen) atoms. The highest BCUT2D eigenvalue weighted by atomic mass is 14.1. The van der Waals surface area contributed by atoms with Gasteiger partial charge in [-0.05, 0) is 6.42 Å². The van der Waals surface area contributed by atoms with Gasteiger partial charge in [-0.25, -0.2) is 0 Å². The molecule has 0 saturated carbocycles. The molecule has 1 aliphatic rings. The summed E-state index contributed by atoms with van der Waals surface area (Å²) in [5.41, 5.74) is 0. The first-order valence-electron chi connectivity index (χ1n) is 2.05. The van der Waals surface area contributed by atoms with E-state index < -0.39 is 0 Å². The van der Waals surface area contributed by atoms with Gasteiger partial charge in [0, 0.05) is 0 Å². The van der Waals surface area contributed by atoms with Gasteiger partial charge >= 0.3 is 0 Å². The topological polar surface area (TPSA) is 0 Å². The van der Waals surface area contributed by atoms with Gasteiger partial charge in [-0.1, -0.05) is 17.9 Å². The molecule has 0 aromatic heterocycles. The van der Waals surface area contributed by atoms with E-state index in [0.717, 1.165) is 6.42 Å². The number of rotatable bonds is 2. The number of hydrogen-bond donors (Lipinski definition) is 0. The van der Waals surface area contributed by atoms with Crippen LogP contribution in [-0.4, -0.2) is 0 Å². The highest BCUT2D eigenvalue weighted by molar-refractivity contribution is 5.30. The Balaban J connectivity index is 2.05. The Labute approximate surface area is 37.9 Å². The minimum atomic E-state index is 0.530. The number of hydrogen-bond acceptors (Lipinski definition) is 0. The van der Waals surface area contributed by atoms with E-state index in [-0.39, 0.29) is 0 Å². The Hall–Kier alpha value is -0.700. The molecule has 0 amide bonds. The van der Waals surface area contributed by atoms with Crippen LogP contribution in [0.5, 0.6) is 0 Å². The Bertz CT molecular complexity index is 104. The average Bonchev–Trinajstić information content (AvgIpc) is 2.21. The zero-order valence-corrected chi connectivity index (χ0v) is 3.57. The second-order valence-electron chi connectivity index (χ2n) is 1.37. The molecule has 0 aromatic carbocycles. The summed E-state index contributed by atoms with van der Waals surface area (Å²) in [4.78, 5) is 0. The van der Waals surface area contributed by atoms with Gasteiger partial charge in [0.05, 0.1) is 5.92 Å². The Morgan fingerprint density at radius 1 is 1.67 bits per heavy atom. The predicted octanol–water partition coefficient (Wildman–Crippen LogP) is 1.20. The maximum atomic E-state index is 3.56. The molecule has 1 aliphatic carbocycles. The van der Waals surface area contributed by atoms with Crippen LogP contribution in [0.1, 0.15) is 6.42 Å². The number of allylic oxidation sites excluding steroid dienone is 1. The minimum Gasteiger partial charge on any atom is -0.103 e. The standard InChI is InChI=1S/C6H6/c1-2-3-6-4-5-6/h2,6H,1,3H2. The van der Waals surface area contributed by atoms with Crippen LogP contribution in [0.3, 0.4) is 0 Å². The largest absolute Gasteiger partial charge is 0.103 e. The van der Waals surface area contributed by atoms with Crippen molar-refractivity contribution in [3.63, 3.8) is 0 Å². The molecule has 0 fully saturated rings. The molecular formula is C6H6. The fourth-order valence-corrected chi connectivity index (χ4v) is 0.343. The molecule has 30 valence electrons. The van der Waals surface area contributed by atoms with Gasteiger partial charge in [0.25, 0.3) is 0 Å². The van der Waals surface area contributed by atoms with Crippen molar-refractivity contribution in [2.45, 2.75) is 6.42 Å². The van der Waals surface area contributed by atoms with Gasteiger partial charge < -0.3 is 0 Å². The molecule has 0 atom stereocenters. The molecule has 0 unspecified atom stereocenters. The van der Waals surface area contributed by atoms with E-state index in [0.29, 0.717) is 5.92 Å². The minimum absolute atomic E-state index is 0.530. The average molecular weight is 78.1 g/mol. The van der Waals surface area contributed by atoms with E-state index in [4.69, 9.17) is 0 Å². The van der Waals surface area contributed by atoms with Gasteiger partial charge in [0.2, 0.25) is 0 Å². The van der Waals surface area contributed by atoms with Crippen LogP contribution < -0.4 is 0 Å². The summed E-state index contributed by atoms with van der Waals surface area (Å²) in [6, 6.07) is 0. The summed E-state index contributed by atoms with van der Waals surface area (Å²) in [5, 5.41) is 0. The van der Waals surface area contributed by atoms with E-state index in [1.807, 2.05) is 6.08 Å². The molecule has 0 radical (unpaired) electrons. The lowest BCUT2D eigenvalue weighted by molar-refractivity contribution is 0.965. The first-order chi connectivity index (χ1) is 2.93. The van der Waals surface area contributed by atoms with Crippen molar-refractivity contribution >= 4 is 0 Å². The first kappa shape index (κ1) is 3.49. The summed E-state index contributed by atoms with van der Waals surface area (Å²) in [6.07, 6.45) is 2.91. The second kappa shape index (κ2) is 1.18. The third-order valence-corrected chi connectivity index (χ3v) is 0.751. The van der Waals surface area contributed by atoms with Gasteiger partial charge in [-0.15, -0.1) is 6.58 Å². The lowest BCUT2D eigenvalue weighted by Crippen LogP contribution is -1.70. The molecule has 0 aliphatic heterocycles. The predicted molar refractivity (Wildman–Crippen MR) is 26.1 cm³/mol. The molecule has 0 nitrogen and oxygen atoms in total. The van der Waals surface area contributed by atoms with Crippen LogP contribution >= 0.6 is 0 Å². The molecule has 0 saturated heterocycles. The van der Waals surface area contributed by atoms with Crippen molar-refractivity contribution in [2.75, 3.05) is 0 Å². The van der Waals surface area contributed by atoms with E-state index in [9.17, 15) is 0 Å². The van der Waals surface area contributed by atoms with Gasteiger partial charge in [-0.3, -0.25) is 0 Å². The van der Waals surface area contributed by atoms with E-state index in [2.05, 4.69) is 18.4 Å². The molecule has 0 heterocycles. The third-order valence-electron chi connectivity index (χ3n) is 0.751. The van der Waals surface area contributed by atoms with Crippen LogP contribution in [0.4, 0.5) is 0 Å². The van der Waals surface area contributed by atoms with Crippen molar-refractivity contribution in [3.8, 4) is 11.8 Å². The van der Waals surface area contributed by atoms with Crippen LogP contribution in [0.15, 0.2) is 12.7 Å². The molecule has 0 spiro atoms. The van der Waals surface area contributed by atoms with E-state index in [1.165, 1.54) is 0 Å². The van der Waals surface area contributed by atoms with Crippen LogP contribution in [0, 0.1) is 17.8 Å². The Morgan fingerprint density at radius 3 is 2.50 bits per heavy atom. The highest BCUT2D eigenvalue weighted by Gasteiger charge is 2.04. The van der Waals surface area contributed by atoms with Crippen molar-refractivity contribution < 1.29 is 0 Å². The second-order valence-corrected chi connectivity index (χ2v) is 1.37. The molecule has 0 bridgehead atoms. The summed E-state index contributed by atoms with van der Waals surface area (Å²) < 4.78 is 0. The molecule has 1 rings (SSSR count). The fourth-order valence-electron chi connectivity index (χ4n) is 0.343. The van der Waals surface area contributed by atoms with Crippen molar-refractivity contribution in [1.29, 1.82) is 0 Å². The molecular weight excluding hydrogens is 72.1 g/mol. The van der Waals surface area contributed by atoms with Crippen molar-refractivity contribution in [3.05, 3.63) is 12.7 Å². The van der Waals surface area contributed by atoms with Crippen molar-refractivity contribution in [2.24, 2.45) is 5.92 Å². The maximum absolute atomic E-state index is 3.56. The fraction of sp³-hybridized carbons (Fsp3) is 0.333. The highest BCUT2D eigenvalue weighted by Crippen LogP contribution is 2.08. The zero-order valence-electron chi connectivity index (χ0n) is 3.57. The quantitative estimate of drug-likeness (QED) is 0.344. The lowest BCUT2D eigenvalue weighted by Gasteiger charge is -1.77. The van der Waals surface area contributed by atoms with Gasteiger partial charge in [-0.2, -0.15) is 0 Å². The zero-order chi connectivity index (χ0) is 4.41. The van der Waals surface area contributed by atoms with E-state index >= 15 is 0 Å². The summed E-state index contributed by atoms with van der Waals surface area (Å²) in [5.74, 6) is 6.36. The smallest absolute Gasteiger partial charge is 0.0846 e. The maximum Gasteiger partial charge on any atom is 0.0846 e. The van der Waals surface area contributed by atoms with Crippen LogP contribution in [0.2, 0.25) is 0 Å². The molecule has 0 N–H and O–H groups in total. The summed E-state index contributed by atoms with van der Waals surface area (Å²) in [7, 11) is 0. The van der Waals surface area contributed by atoms with E-state index in [1.54, 1.807) is 0 Å². The van der Waals surface area contributed by atoms with Gasteiger partial charge in [0.1, 0.15) is 0 Å². The SMILES string of the molecule is C=CCC1C#C1. The third kappa shape index (κ3) is 0.621. The van der Waals surface area contributed by atoms with Crippen LogP contribution in [0.25, 0.3) is 0 Å².